The van der Waals surface area contributed by atoms with Gasteiger partial charge in [-0.2, -0.15) is 5.10 Å². The number of nitrogens with one attached hydrogen (secondary N) is 1. The smallest absolute Gasteiger partial charge is 0.356 e. The maximum absolute atomic E-state index is 13.4. The Morgan fingerprint density at radius 2 is 1.64 bits per heavy atom. The van der Waals surface area contributed by atoms with Gasteiger partial charge in [0.15, 0.2) is 5.82 Å². The SMILES string of the molecule is COC(=O)c1cc(N2C(=O)c3c(Cl)ccc(NS(=O)(=O)c4ccc(C(C)(C)C)cc4)c3C2=O)nn1C. The number of methoxy groups -OCH3 is 1. The van der Waals surface area contributed by atoms with Gasteiger partial charge in [-0.25, -0.2) is 18.1 Å². The van der Waals surface area contributed by atoms with Crippen molar-refractivity contribution in [2.45, 2.75) is 31.1 Å². The molecule has 2 aromatic carbocycles. The zero-order chi connectivity index (χ0) is 26.6. The molecule has 188 valence electrons. The number of nitrogens with zero attached hydrogens (tertiary/aromatic N) is 3. The summed E-state index contributed by atoms with van der Waals surface area (Å²) < 4.78 is 34.5. The lowest BCUT2D eigenvalue weighted by atomic mass is 9.87. The summed E-state index contributed by atoms with van der Waals surface area (Å²) in [5, 5.41) is 4.04. The second-order valence-electron chi connectivity index (χ2n) is 9.17. The lowest BCUT2D eigenvalue weighted by Crippen LogP contribution is -2.30. The molecular formula is C24H23ClN4O6S. The van der Waals surface area contributed by atoms with Crippen LogP contribution in [-0.2, 0) is 27.2 Å². The molecule has 1 aromatic heterocycles. The second-order valence-corrected chi connectivity index (χ2v) is 11.3. The van der Waals surface area contributed by atoms with Crippen LogP contribution in [0.25, 0.3) is 0 Å². The Balaban J connectivity index is 1.73. The molecule has 0 unspecified atom stereocenters. The molecule has 4 rings (SSSR count). The van der Waals surface area contributed by atoms with E-state index in [1.807, 2.05) is 20.8 Å². The first-order valence-electron chi connectivity index (χ1n) is 10.7. The van der Waals surface area contributed by atoms with Crippen LogP contribution in [0.3, 0.4) is 0 Å². The number of aromatic nitrogens is 2. The maximum Gasteiger partial charge on any atom is 0.356 e. The van der Waals surface area contributed by atoms with E-state index >= 15 is 0 Å². The average molecular weight is 531 g/mol. The minimum absolute atomic E-state index is 0.00906. The van der Waals surface area contributed by atoms with Gasteiger partial charge in [-0.3, -0.25) is 19.0 Å². The molecule has 10 nitrogen and oxygen atoms in total. The van der Waals surface area contributed by atoms with Gasteiger partial charge in [-0.15, -0.1) is 0 Å². The average Bonchev–Trinajstić information content (AvgIpc) is 3.31. The van der Waals surface area contributed by atoms with Crippen molar-refractivity contribution in [1.29, 1.82) is 0 Å². The Bertz CT molecular complexity index is 1520. The Hall–Kier alpha value is -3.70. The quantitative estimate of drug-likeness (QED) is 0.393. The number of imide groups is 1. The molecule has 0 fully saturated rings. The van der Waals surface area contributed by atoms with Gasteiger partial charge in [-0.05, 0) is 35.2 Å². The van der Waals surface area contributed by atoms with Crippen LogP contribution in [0.4, 0.5) is 11.5 Å². The van der Waals surface area contributed by atoms with E-state index < -0.39 is 27.8 Å². The molecule has 12 heteroatoms. The molecular weight excluding hydrogens is 508 g/mol. The number of ether oxygens (including phenoxy) is 1. The fourth-order valence-corrected chi connectivity index (χ4v) is 5.12. The second kappa shape index (κ2) is 8.75. The summed E-state index contributed by atoms with van der Waals surface area (Å²) in [4.78, 5) is 39.2. The molecule has 2 heterocycles. The van der Waals surface area contributed by atoms with Crippen LogP contribution in [0.5, 0.6) is 0 Å². The fourth-order valence-electron chi connectivity index (χ4n) is 3.81. The molecule has 0 radical (unpaired) electrons. The molecule has 1 N–H and O–H groups in total. The molecule has 0 bridgehead atoms. The Morgan fingerprint density at radius 1 is 1.03 bits per heavy atom. The first-order valence-corrected chi connectivity index (χ1v) is 12.6. The van der Waals surface area contributed by atoms with Gasteiger partial charge in [0, 0.05) is 13.1 Å². The Labute approximate surface area is 212 Å². The zero-order valence-electron chi connectivity index (χ0n) is 20.1. The minimum Gasteiger partial charge on any atom is -0.464 e. The van der Waals surface area contributed by atoms with E-state index in [9.17, 15) is 22.8 Å². The third-order valence-electron chi connectivity index (χ3n) is 5.75. The molecule has 1 aliphatic rings. The van der Waals surface area contributed by atoms with Crippen molar-refractivity contribution in [3.05, 3.63) is 69.9 Å². The van der Waals surface area contributed by atoms with Gasteiger partial charge in [0.05, 0.1) is 33.8 Å². The van der Waals surface area contributed by atoms with Gasteiger partial charge in [0.25, 0.3) is 21.8 Å². The van der Waals surface area contributed by atoms with Crippen molar-refractivity contribution in [2.75, 3.05) is 16.7 Å². The van der Waals surface area contributed by atoms with E-state index in [1.54, 1.807) is 12.1 Å². The lowest BCUT2D eigenvalue weighted by Gasteiger charge is -2.19. The number of carbonyl (C=O) groups excluding carboxylic acids is 3. The number of aryl methyl sites for hydroxylation is 1. The molecule has 3 aromatic rings. The molecule has 0 spiro atoms. The number of benzene rings is 2. The number of hydrogen-bond acceptors (Lipinski definition) is 7. The Morgan fingerprint density at radius 3 is 2.22 bits per heavy atom. The minimum atomic E-state index is -4.11. The highest BCUT2D eigenvalue weighted by Crippen LogP contribution is 2.37. The first kappa shape index (κ1) is 25.4. The normalized spacial score (nSPS) is 13.7. The number of amides is 2. The topological polar surface area (TPSA) is 128 Å². The van der Waals surface area contributed by atoms with Gasteiger partial charge in [0.1, 0.15) is 5.69 Å². The monoisotopic (exact) mass is 530 g/mol. The van der Waals surface area contributed by atoms with Crippen molar-refractivity contribution < 1.29 is 27.5 Å². The van der Waals surface area contributed by atoms with Gasteiger partial charge >= 0.3 is 5.97 Å². The molecule has 0 atom stereocenters. The molecule has 2 amide bonds. The maximum atomic E-state index is 13.4. The van der Waals surface area contributed by atoms with Crippen LogP contribution in [0.15, 0.2) is 47.4 Å². The van der Waals surface area contributed by atoms with E-state index in [-0.39, 0.29) is 43.7 Å². The number of esters is 1. The Kier molecular flexibility index (Phi) is 6.17. The summed E-state index contributed by atoms with van der Waals surface area (Å²) >= 11 is 6.24. The fraction of sp³-hybridized carbons (Fsp3) is 0.250. The summed E-state index contributed by atoms with van der Waals surface area (Å²) in [5.41, 5.74) is 0.297. The molecule has 1 aliphatic heterocycles. The number of fused-ring (bicyclic) bond motifs is 1. The number of anilines is 2. The van der Waals surface area contributed by atoms with Gasteiger partial charge in [0.2, 0.25) is 0 Å². The third-order valence-corrected chi connectivity index (χ3v) is 7.45. The summed E-state index contributed by atoms with van der Waals surface area (Å²) in [6.07, 6.45) is 0. The van der Waals surface area contributed by atoms with Crippen LogP contribution in [-0.4, -0.2) is 43.1 Å². The van der Waals surface area contributed by atoms with E-state index in [0.717, 1.165) is 15.1 Å². The summed E-state index contributed by atoms with van der Waals surface area (Å²) in [6.45, 7) is 6.03. The number of halogens is 1. The molecule has 0 aliphatic carbocycles. The predicted octanol–water partition coefficient (Wildman–Crippen LogP) is 3.76. The van der Waals surface area contributed by atoms with E-state index in [1.165, 1.54) is 44.5 Å². The van der Waals surface area contributed by atoms with Crippen molar-refractivity contribution >= 4 is 50.9 Å². The lowest BCUT2D eigenvalue weighted by molar-refractivity contribution is 0.0588. The highest BCUT2D eigenvalue weighted by atomic mass is 35.5. The first-order chi connectivity index (χ1) is 16.8. The number of rotatable bonds is 5. The van der Waals surface area contributed by atoms with Crippen LogP contribution >= 0.6 is 11.6 Å². The zero-order valence-corrected chi connectivity index (χ0v) is 21.7. The van der Waals surface area contributed by atoms with Crippen LogP contribution in [0.2, 0.25) is 5.02 Å². The van der Waals surface area contributed by atoms with Crippen LogP contribution in [0, 0.1) is 0 Å². The number of carbonyl (C=O) groups is 3. The third kappa shape index (κ3) is 4.24. The standard InChI is InChI=1S/C24H23ClN4O6S/c1-24(2,3)13-6-8-14(9-7-13)36(33,34)27-16-11-10-15(25)19-20(16)22(31)29(21(19)30)18-12-17(23(32)35-5)28(4)26-18/h6-12,27H,1-5H3. The van der Waals surface area contributed by atoms with Crippen molar-refractivity contribution in [3.8, 4) is 0 Å². The molecule has 0 saturated heterocycles. The van der Waals surface area contributed by atoms with Gasteiger partial charge < -0.3 is 4.74 Å². The van der Waals surface area contributed by atoms with Crippen molar-refractivity contribution in [1.82, 2.24) is 9.78 Å². The van der Waals surface area contributed by atoms with Crippen LogP contribution < -0.4 is 9.62 Å². The van der Waals surface area contributed by atoms with E-state index in [4.69, 9.17) is 11.6 Å². The summed E-state index contributed by atoms with van der Waals surface area (Å²) in [6, 6.07) is 10.3. The molecule has 0 saturated carbocycles. The highest BCUT2D eigenvalue weighted by molar-refractivity contribution is 7.92. The van der Waals surface area contributed by atoms with Gasteiger partial charge in [-0.1, -0.05) is 44.5 Å². The highest BCUT2D eigenvalue weighted by Gasteiger charge is 2.42. The largest absolute Gasteiger partial charge is 0.464 e. The predicted molar refractivity (Wildman–Crippen MR) is 133 cm³/mol. The van der Waals surface area contributed by atoms with Crippen molar-refractivity contribution in [2.24, 2.45) is 7.05 Å². The summed E-state index contributed by atoms with van der Waals surface area (Å²) in [5.74, 6) is -2.48. The van der Waals surface area contributed by atoms with Crippen molar-refractivity contribution in [3.63, 3.8) is 0 Å². The number of hydrogen-bond donors (Lipinski definition) is 1. The summed E-state index contributed by atoms with van der Waals surface area (Å²) in [7, 11) is -1.47. The number of sulfonamides is 1. The molecule has 36 heavy (non-hydrogen) atoms. The van der Waals surface area contributed by atoms with Crippen LogP contribution in [0.1, 0.15) is 57.5 Å². The van der Waals surface area contributed by atoms with E-state index in [0.29, 0.717) is 0 Å². The van der Waals surface area contributed by atoms with E-state index in [2.05, 4.69) is 14.6 Å².